The monoisotopic (exact) mass is 241 g/mol. The van der Waals surface area contributed by atoms with Gasteiger partial charge in [0.05, 0.1) is 5.41 Å². The zero-order chi connectivity index (χ0) is 12.9. The quantitative estimate of drug-likeness (QED) is 0.744. The topological polar surface area (TPSA) is 44.4 Å². The van der Waals surface area contributed by atoms with Crippen molar-refractivity contribution in [3.63, 3.8) is 0 Å². The van der Waals surface area contributed by atoms with Gasteiger partial charge in [0.15, 0.2) is 0 Å². The number of nitrogens with zero attached hydrogens (tertiary/aromatic N) is 1. The molecule has 1 fully saturated rings. The molecule has 2 N–H and O–H groups in total. The van der Waals surface area contributed by atoms with Crippen LogP contribution in [0.1, 0.15) is 27.7 Å². The van der Waals surface area contributed by atoms with Gasteiger partial charge in [-0.1, -0.05) is 13.8 Å². The van der Waals surface area contributed by atoms with E-state index < -0.39 is 0 Å². The van der Waals surface area contributed by atoms with Crippen molar-refractivity contribution in [3.05, 3.63) is 0 Å². The summed E-state index contributed by atoms with van der Waals surface area (Å²) in [5, 5.41) is 6.36. The van der Waals surface area contributed by atoms with E-state index in [1.54, 1.807) is 0 Å². The summed E-state index contributed by atoms with van der Waals surface area (Å²) in [5.41, 5.74) is -0.299. The number of nitrogens with one attached hydrogen (secondary N) is 2. The molecule has 1 heterocycles. The largest absolute Gasteiger partial charge is 0.355 e. The molecule has 0 unspecified atom stereocenters. The van der Waals surface area contributed by atoms with Gasteiger partial charge in [-0.25, -0.2) is 0 Å². The molecule has 0 saturated carbocycles. The second-order valence-electron chi connectivity index (χ2n) is 6.01. The van der Waals surface area contributed by atoms with E-state index in [1.807, 2.05) is 13.8 Å². The molecule has 100 valence electrons. The van der Waals surface area contributed by atoms with Gasteiger partial charge in [-0.3, -0.25) is 9.69 Å². The average Bonchev–Trinajstić information content (AvgIpc) is 2.26. The molecule has 0 radical (unpaired) electrons. The minimum absolute atomic E-state index is 0.171. The Bertz CT molecular complexity index is 245. The molecule has 0 aromatic rings. The maximum Gasteiger partial charge on any atom is 0.226 e. The number of amides is 1. The fourth-order valence-electron chi connectivity index (χ4n) is 2.04. The molecule has 4 nitrogen and oxygen atoms in total. The first-order valence-corrected chi connectivity index (χ1v) is 6.63. The fraction of sp³-hybridized carbons (Fsp3) is 0.923. The lowest BCUT2D eigenvalue weighted by molar-refractivity contribution is -0.130. The number of carbonyl (C=O) groups is 1. The molecule has 1 aliphatic heterocycles. The van der Waals surface area contributed by atoms with Crippen LogP contribution in [0.2, 0.25) is 0 Å². The van der Waals surface area contributed by atoms with Crippen molar-refractivity contribution >= 4 is 5.91 Å². The molecule has 0 aliphatic carbocycles. The zero-order valence-corrected chi connectivity index (χ0v) is 11.7. The van der Waals surface area contributed by atoms with E-state index in [0.717, 1.165) is 39.3 Å². The average molecular weight is 241 g/mol. The zero-order valence-electron chi connectivity index (χ0n) is 11.7. The molecule has 1 rings (SSSR count). The second kappa shape index (κ2) is 6.36. The maximum absolute atomic E-state index is 12.1. The van der Waals surface area contributed by atoms with E-state index in [0.29, 0.717) is 5.92 Å². The van der Waals surface area contributed by atoms with Gasteiger partial charge in [0.1, 0.15) is 0 Å². The van der Waals surface area contributed by atoms with E-state index >= 15 is 0 Å². The van der Waals surface area contributed by atoms with Crippen LogP contribution in [0, 0.1) is 11.3 Å². The highest BCUT2D eigenvalue weighted by Gasteiger charge is 2.30. The highest BCUT2D eigenvalue weighted by Crippen LogP contribution is 2.17. The summed E-state index contributed by atoms with van der Waals surface area (Å²) in [5.74, 6) is 0.679. The molecule has 4 heteroatoms. The highest BCUT2D eigenvalue weighted by molar-refractivity contribution is 5.82. The Morgan fingerprint density at radius 3 is 2.47 bits per heavy atom. The minimum Gasteiger partial charge on any atom is -0.355 e. The van der Waals surface area contributed by atoms with Crippen molar-refractivity contribution < 1.29 is 4.79 Å². The van der Waals surface area contributed by atoms with E-state index in [9.17, 15) is 4.79 Å². The summed E-state index contributed by atoms with van der Waals surface area (Å²) in [6.07, 6.45) is 0. The van der Waals surface area contributed by atoms with Crippen LogP contribution >= 0.6 is 0 Å². The molecule has 0 atom stereocenters. The lowest BCUT2D eigenvalue weighted by Crippen LogP contribution is -2.51. The normalized spacial score (nSPS) is 18.4. The van der Waals surface area contributed by atoms with Crippen LogP contribution in [0.25, 0.3) is 0 Å². The van der Waals surface area contributed by atoms with E-state index in [4.69, 9.17) is 0 Å². The lowest BCUT2D eigenvalue weighted by atomic mass is 9.91. The van der Waals surface area contributed by atoms with Crippen LogP contribution < -0.4 is 10.6 Å². The summed E-state index contributed by atoms with van der Waals surface area (Å²) in [4.78, 5) is 14.5. The fourth-order valence-corrected chi connectivity index (χ4v) is 2.04. The predicted octanol–water partition coefficient (Wildman–Crippen LogP) is 0.690. The number of rotatable bonds is 5. The summed E-state index contributed by atoms with van der Waals surface area (Å²) < 4.78 is 0. The van der Waals surface area contributed by atoms with Crippen molar-refractivity contribution in [3.8, 4) is 0 Å². The Morgan fingerprint density at radius 2 is 1.94 bits per heavy atom. The third-order valence-corrected chi connectivity index (χ3v) is 3.11. The second-order valence-corrected chi connectivity index (χ2v) is 6.01. The van der Waals surface area contributed by atoms with Gasteiger partial charge in [-0.2, -0.15) is 0 Å². The van der Waals surface area contributed by atoms with Gasteiger partial charge in [0.2, 0.25) is 5.91 Å². The Kier molecular flexibility index (Phi) is 5.40. The summed E-state index contributed by atoms with van der Waals surface area (Å²) in [6.45, 7) is 14.1. The first kappa shape index (κ1) is 14.5. The number of piperazine rings is 1. The highest BCUT2D eigenvalue weighted by atomic mass is 16.2. The SMILES string of the molecule is CC(C)CNC(=O)C(C)(C)CN1CCNCC1. The molecule has 0 aromatic heterocycles. The molecule has 1 amide bonds. The van der Waals surface area contributed by atoms with Crippen LogP contribution in [0.15, 0.2) is 0 Å². The summed E-state index contributed by atoms with van der Waals surface area (Å²) in [7, 11) is 0. The van der Waals surface area contributed by atoms with Gasteiger partial charge in [0, 0.05) is 39.3 Å². The smallest absolute Gasteiger partial charge is 0.226 e. The first-order chi connectivity index (χ1) is 7.92. The van der Waals surface area contributed by atoms with Crippen LogP contribution in [0.3, 0.4) is 0 Å². The van der Waals surface area contributed by atoms with Crippen LogP contribution in [0.5, 0.6) is 0 Å². The van der Waals surface area contributed by atoms with Gasteiger partial charge >= 0.3 is 0 Å². The van der Waals surface area contributed by atoms with Crippen molar-refractivity contribution in [1.29, 1.82) is 0 Å². The summed E-state index contributed by atoms with van der Waals surface area (Å²) in [6, 6.07) is 0. The van der Waals surface area contributed by atoms with Gasteiger partial charge in [0.25, 0.3) is 0 Å². The number of carbonyl (C=O) groups excluding carboxylic acids is 1. The Balaban J connectivity index is 2.39. The molecule has 0 bridgehead atoms. The molecular formula is C13H27N3O. The third kappa shape index (κ3) is 5.04. The number of hydrogen-bond donors (Lipinski definition) is 2. The van der Waals surface area contributed by atoms with Gasteiger partial charge in [-0.05, 0) is 19.8 Å². The minimum atomic E-state index is -0.299. The predicted molar refractivity (Wildman–Crippen MR) is 70.9 cm³/mol. The van der Waals surface area contributed by atoms with Gasteiger partial charge < -0.3 is 10.6 Å². The van der Waals surface area contributed by atoms with Crippen LogP contribution in [-0.2, 0) is 4.79 Å². The van der Waals surface area contributed by atoms with Crippen LogP contribution in [0.4, 0.5) is 0 Å². The summed E-state index contributed by atoms with van der Waals surface area (Å²) >= 11 is 0. The standard InChI is InChI=1S/C13H27N3O/c1-11(2)9-15-12(17)13(3,4)10-16-7-5-14-6-8-16/h11,14H,5-10H2,1-4H3,(H,15,17). The van der Waals surface area contributed by atoms with Crippen LogP contribution in [-0.4, -0.2) is 50.1 Å². The molecule has 0 aromatic carbocycles. The Labute approximate surface area is 105 Å². The third-order valence-electron chi connectivity index (χ3n) is 3.11. The molecule has 1 saturated heterocycles. The Morgan fingerprint density at radius 1 is 1.35 bits per heavy atom. The lowest BCUT2D eigenvalue weighted by Gasteiger charge is -2.34. The van der Waals surface area contributed by atoms with E-state index in [2.05, 4.69) is 29.4 Å². The first-order valence-electron chi connectivity index (χ1n) is 6.63. The van der Waals surface area contributed by atoms with Gasteiger partial charge in [-0.15, -0.1) is 0 Å². The van der Waals surface area contributed by atoms with Crippen molar-refractivity contribution in [2.45, 2.75) is 27.7 Å². The number of hydrogen-bond acceptors (Lipinski definition) is 3. The molecule has 17 heavy (non-hydrogen) atoms. The van der Waals surface area contributed by atoms with E-state index in [1.165, 1.54) is 0 Å². The Hall–Kier alpha value is -0.610. The molecule has 1 aliphatic rings. The molecular weight excluding hydrogens is 214 g/mol. The van der Waals surface area contributed by atoms with Crippen molar-refractivity contribution in [1.82, 2.24) is 15.5 Å². The van der Waals surface area contributed by atoms with E-state index in [-0.39, 0.29) is 11.3 Å². The van der Waals surface area contributed by atoms with Crippen molar-refractivity contribution in [2.75, 3.05) is 39.3 Å². The maximum atomic E-state index is 12.1. The molecule has 0 spiro atoms. The van der Waals surface area contributed by atoms with Crippen molar-refractivity contribution in [2.24, 2.45) is 11.3 Å².